The standard InChI is InChI=1S/C17H19Cl2N5O3/c18-12-10-15(19)17(23-11-12)22-9-8-21-16(25)2-1-7-20-13-3-5-14(6-4-13)24(26)27/h3-6,10-11,20H,1-2,7-9H2,(H,21,25)(H,22,23). The van der Waals surface area contributed by atoms with Crippen molar-refractivity contribution < 1.29 is 9.72 Å². The summed E-state index contributed by atoms with van der Waals surface area (Å²) in [6.45, 7) is 1.52. The van der Waals surface area contributed by atoms with Crippen LogP contribution in [0.25, 0.3) is 0 Å². The molecule has 0 bridgehead atoms. The van der Waals surface area contributed by atoms with Crippen LogP contribution < -0.4 is 16.0 Å². The molecular formula is C17H19Cl2N5O3. The van der Waals surface area contributed by atoms with Gasteiger partial charge in [-0.2, -0.15) is 0 Å². The van der Waals surface area contributed by atoms with Crippen molar-refractivity contribution in [2.75, 3.05) is 30.3 Å². The molecule has 0 aliphatic carbocycles. The van der Waals surface area contributed by atoms with E-state index in [0.717, 1.165) is 5.69 Å². The molecule has 8 nitrogen and oxygen atoms in total. The Balaban J connectivity index is 1.57. The van der Waals surface area contributed by atoms with Gasteiger partial charge in [0.1, 0.15) is 5.82 Å². The Morgan fingerprint density at radius 3 is 2.52 bits per heavy atom. The first kappa shape index (κ1) is 20.7. The second kappa shape index (κ2) is 10.5. The van der Waals surface area contributed by atoms with E-state index in [1.54, 1.807) is 18.2 Å². The number of aromatic nitrogens is 1. The summed E-state index contributed by atoms with van der Waals surface area (Å²) in [4.78, 5) is 26.0. The molecule has 0 spiro atoms. The average molecular weight is 412 g/mol. The van der Waals surface area contributed by atoms with E-state index >= 15 is 0 Å². The maximum Gasteiger partial charge on any atom is 0.269 e. The van der Waals surface area contributed by atoms with Gasteiger partial charge in [-0.3, -0.25) is 14.9 Å². The fraction of sp³-hybridized carbons (Fsp3) is 0.294. The first-order chi connectivity index (χ1) is 13.0. The van der Waals surface area contributed by atoms with Crippen LogP contribution in [0.15, 0.2) is 36.5 Å². The van der Waals surface area contributed by atoms with Crippen LogP contribution in [0.1, 0.15) is 12.8 Å². The third-order valence-electron chi connectivity index (χ3n) is 3.54. The van der Waals surface area contributed by atoms with Crippen LogP contribution in [0.5, 0.6) is 0 Å². The quantitative estimate of drug-likeness (QED) is 0.312. The Kier molecular flexibility index (Phi) is 8.09. The number of halogens is 2. The number of amides is 1. The largest absolute Gasteiger partial charge is 0.385 e. The van der Waals surface area contributed by atoms with Gasteiger partial charge in [0.25, 0.3) is 5.69 Å². The Morgan fingerprint density at radius 1 is 1.11 bits per heavy atom. The molecule has 0 fully saturated rings. The summed E-state index contributed by atoms with van der Waals surface area (Å²) in [5.74, 6) is 0.458. The fourth-order valence-electron chi connectivity index (χ4n) is 2.20. The minimum absolute atomic E-state index is 0.0450. The van der Waals surface area contributed by atoms with Crippen molar-refractivity contribution in [3.05, 3.63) is 56.7 Å². The van der Waals surface area contributed by atoms with E-state index in [-0.39, 0.29) is 11.6 Å². The highest BCUT2D eigenvalue weighted by Gasteiger charge is 2.05. The lowest BCUT2D eigenvalue weighted by Gasteiger charge is -2.09. The molecule has 144 valence electrons. The molecule has 1 heterocycles. The molecule has 2 rings (SSSR count). The summed E-state index contributed by atoms with van der Waals surface area (Å²) < 4.78 is 0. The summed E-state index contributed by atoms with van der Waals surface area (Å²) >= 11 is 11.8. The van der Waals surface area contributed by atoms with Gasteiger partial charge in [-0.25, -0.2) is 4.98 Å². The van der Waals surface area contributed by atoms with Crippen LogP contribution in [-0.2, 0) is 4.79 Å². The lowest BCUT2D eigenvalue weighted by molar-refractivity contribution is -0.384. The second-order valence-corrected chi connectivity index (χ2v) is 6.44. The Hall–Kier alpha value is -2.58. The van der Waals surface area contributed by atoms with Gasteiger partial charge >= 0.3 is 0 Å². The van der Waals surface area contributed by atoms with Crippen molar-refractivity contribution in [2.45, 2.75) is 12.8 Å². The number of nitro groups is 1. The summed E-state index contributed by atoms with van der Waals surface area (Å²) in [5.41, 5.74) is 0.821. The van der Waals surface area contributed by atoms with Crippen LogP contribution in [0.3, 0.4) is 0 Å². The molecule has 27 heavy (non-hydrogen) atoms. The number of hydrogen-bond donors (Lipinski definition) is 3. The van der Waals surface area contributed by atoms with Crippen molar-refractivity contribution in [1.29, 1.82) is 0 Å². The zero-order valence-electron chi connectivity index (χ0n) is 14.4. The molecule has 0 atom stereocenters. The molecule has 0 unspecified atom stereocenters. The van der Waals surface area contributed by atoms with E-state index in [9.17, 15) is 14.9 Å². The number of nitro benzene ring substituents is 1. The van der Waals surface area contributed by atoms with Crippen LogP contribution >= 0.6 is 23.2 Å². The van der Waals surface area contributed by atoms with Crippen LogP contribution in [0, 0.1) is 10.1 Å². The van der Waals surface area contributed by atoms with Gasteiger partial charge in [-0.1, -0.05) is 23.2 Å². The SMILES string of the molecule is O=C(CCCNc1ccc([N+](=O)[O-])cc1)NCCNc1ncc(Cl)cc1Cl. The summed E-state index contributed by atoms with van der Waals surface area (Å²) in [6.07, 6.45) is 2.51. The maximum absolute atomic E-state index is 11.8. The predicted molar refractivity (Wildman–Crippen MR) is 107 cm³/mol. The highest BCUT2D eigenvalue weighted by atomic mass is 35.5. The number of nitrogens with zero attached hydrogens (tertiary/aromatic N) is 2. The van der Waals surface area contributed by atoms with E-state index < -0.39 is 4.92 Å². The number of benzene rings is 1. The summed E-state index contributed by atoms with van der Waals surface area (Å²) in [5, 5.41) is 20.4. The number of hydrogen-bond acceptors (Lipinski definition) is 6. The van der Waals surface area contributed by atoms with Crippen molar-refractivity contribution in [3.8, 4) is 0 Å². The molecule has 3 N–H and O–H groups in total. The minimum Gasteiger partial charge on any atom is -0.385 e. The first-order valence-corrected chi connectivity index (χ1v) is 9.01. The number of rotatable bonds is 10. The molecule has 10 heteroatoms. The van der Waals surface area contributed by atoms with E-state index in [2.05, 4.69) is 20.9 Å². The Bertz CT molecular complexity index is 787. The predicted octanol–water partition coefficient (Wildman–Crippen LogP) is 3.72. The van der Waals surface area contributed by atoms with E-state index in [0.29, 0.717) is 48.3 Å². The van der Waals surface area contributed by atoms with Gasteiger partial charge in [-0.05, 0) is 24.6 Å². The smallest absolute Gasteiger partial charge is 0.269 e. The highest BCUT2D eigenvalue weighted by molar-refractivity contribution is 6.35. The van der Waals surface area contributed by atoms with Gasteiger partial charge in [0.05, 0.1) is 15.0 Å². The normalized spacial score (nSPS) is 10.3. The number of carbonyl (C=O) groups excluding carboxylic acids is 1. The third-order valence-corrected chi connectivity index (χ3v) is 4.03. The van der Waals surface area contributed by atoms with Crippen LogP contribution in [0.4, 0.5) is 17.2 Å². The van der Waals surface area contributed by atoms with E-state index in [4.69, 9.17) is 23.2 Å². The van der Waals surface area contributed by atoms with Crippen molar-refractivity contribution in [3.63, 3.8) is 0 Å². The molecule has 0 saturated heterocycles. The van der Waals surface area contributed by atoms with Gasteiger partial charge in [0, 0.05) is 50.1 Å². The molecule has 1 aromatic heterocycles. The molecular weight excluding hydrogens is 393 g/mol. The first-order valence-electron chi connectivity index (χ1n) is 8.25. The Morgan fingerprint density at radius 2 is 1.85 bits per heavy atom. The second-order valence-electron chi connectivity index (χ2n) is 5.60. The lowest BCUT2D eigenvalue weighted by atomic mass is 10.2. The van der Waals surface area contributed by atoms with E-state index in [1.807, 2.05) is 0 Å². The minimum atomic E-state index is -0.445. The maximum atomic E-state index is 11.8. The lowest BCUT2D eigenvalue weighted by Crippen LogP contribution is -2.29. The highest BCUT2D eigenvalue weighted by Crippen LogP contribution is 2.22. The molecule has 0 aliphatic rings. The molecule has 1 aromatic carbocycles. The molecule has 2 aromatic rings. The number of pyridine rings is 1. The zero-order chi connectivity index (χ0) is 19.6. The average Bonchev–Trinajstić information content (AvgIpc) is 2.64. The zero-order valence-corrected chi connectivity index (χ0v) is 15.9. The van der Waals surface area contributed by atoms with Crippen molar-refractivity contribution in [1.82, 2.24) is 10.3 Å². The van der Waals surface area contributed by atoms with Crippen molar-refractivity contribution in [2.24, 2.45) is 0 Å². The number of non-ortho nitro benzene ring substituents is 1. The molecule has 0 aliphatic heterocycles. The summed E-state index contributed by atoms with van der Waals surface area (Å²) in [6, 6.07) is 7.74. The number of nitrogens with one attached hydrogen (secondary N) is 3. The third kappa shape index (κ3) is 7.28. The fourth-order valence-corrected chi connectivity index (χ4v) is 2.65. The van der Waals surface area contributed by atoms with Crippen LogP contribution in [-0.4, -0.2) is 35.4 Å². The molecule has 0 radical (unpaired) electrons. The van der Waals surface area contributed by atoms with Crippen molar-refractivity contribution >= 4 is 46.3 Å². The number of carbonyl (C=O) groups is 1. The Labute approximate surface area is 166 Å². The summed E-state index contributed by atoms with van der Waals surface area (Å²) in [7, 11) is 0. The molecule has 1 amide bonds. The van der Waals surface area contributed by atoms with Gasteiger partial charge in [-0.15, -0.1) is 0 Å². The van der Waals surface area contributed by atoms with Gasteiger partial charge in [0.15, 0.2) is 0 Å². The van der Waals surface area contributed by atoms with Gasteiger partial charge < -0.3 is 16.0 Å². The molecule has 0 saturated carbocycles. The van der Waals surface area contributed by atoms with E-state index in [1.165, 1.54) is 18.3 Å². The van der Waals surface area contributed by atoms with Crippen LogP contribution in [0.2, 0.25) is 10.0 Å². The topological polar surface area (TPSA) is 109 Å². The number of anilines is 2. The van der Waals surface area contributed by atoms with Gasteiger partial charge in [0.2, 0.25) is 5.91 Å². The monoisotopic (exact) mass is 411 g/mol.